The molecule has 0 aromatic heterocycles. The highest BCUT2D eigenvalue weighted by Gasteiger charge is 2.77. The van der Waals surface area contributed by atoms with Gasteiger partial charge in [0, 0.05) is 11.8 Å². The molecule has 0 aromatic carbocycles. The smallest absolute Gasteiger partial charge is 0.175 e. The van der Waals surface area contributed by atoms with Gasteiger partial charge in [-0.3, -0.25) is 4.79 Å². The first-order valence-electron chi connectivity index (χ1n) is 10.7. The zero-order valence-electron chi connectivity index (χ0n) is 15.9. The Morgan fingerprint density at radius 1 is 1.27 bits per heavy atom. The van der Waals surface area contributed by atoms with Gasteiger partial charge in [-0.05, 0) is 85.7 Å². The summed E-state index contributed by atoms with van der Waals surface area (Å²) in [6.45, 7) is 4.90. The normalized spacial score (nSPS) is 59.5. The summed E-state index contributed by atoms with van der Waals surface area (Å²) in [4.78, 5) is 12.0. The van der Waals surface area contributed by atoms with Crippen molar-refractivity contribution in [2.24, 2.45) is 46.8 Å². The van der Waals surface area contributed by atoms with E-state index < -0.39 is 6.29 Å². The number of fused-ring (bicyclic) bond motifs is 9. The maximum atomic E-state index is 12.0. The van der Waals surface area contributed by atoms with Crippen molar-refractivity contribution >= 4 is 5.78 Å². The second kappa shape index (κ2) is 4.91. The number of carbonyl (C=O) groups excluding carboxylic acids is 1. The van der Waals surface area contributed by atoms with Gasteiger partial charge in [0.2, 0.25) is 0 Å². The highest BCUT2D eigenvalue weighted by molar-refractivity contribution is 5.91. The van der Waals surface area contributed by atoms with Crippen molar-refractivity contribution < 1.29 is 14.6 Å². The lowest BCUT2D eigenvalue weighted by Crippen LogP contribution is -2.56. The van der Waals surface area contributed by atoms with Crippen LogP contribution in [0.3, 0.4) is 0 Å². The van der Waals surface area contributed by atoms with E-state index in [-0.39, 0.29) is 11.0 Å². The molecule has 6 aliphatic rings. The Kier molecular flexibility index (Phi) is 3.03. The summed E-state index contributed by atoms with van der Waals surface area (Å²) >= 11 is 0. The first kappa shape index (κ1) is 16.1. The summed E-state index contributed by atoms with van der Waals surface area (Å²) in [5.74, 6) is 5.28. The van der Waals surface area contributed by atoms with Gasteiger partial charge >= 0.3 is 0 Å². The van der Waals surface area contributed by atoms with E-state index in [1.54, 1.807) is 0 Å². The Balaban J connectivity index is 1.40. The highest BCUT2D eigenvalue weighted by Crippen LogP contribution is 2.78. The second-order valence-corrected chi connectivity index (χ2v) is 10.4. The number of aliphatic hydroxyl groups is 1. The van der Waals surface area contributed by atoms with Crippen molar-refractivity contribution in [3.05, 3.63) is 23.8 Å². The van der Waals surface area contributed by atoms with Gasteiger partial charge in [0.15, 0.2) is 12.1 Å². The summed E-state index contributed by atoms with van der Waals surface area (Å²) in [5.41, 5.74) is 1.41. The third-order valence-corrected chi connectivity index (χ3v) is 9.47. The fraction of sp³-hybridized carbons (Fsp3) is 0.783. The molecule has 0 radical (unpaired) electrons. The maximum absolute atomic E-state index is 12.0. The number of hydrogen-bond acceptors (Lipinski definition) is 3. The first-order chi connectivity index (χ1) is 12.4. The van der Waals surface area contributed by atoms with E-state index in [2.05, 4.69) is 19.9 Å². The van der Waals surface area contributed by atoms with E-state index in [0.29, 0.717) is 23.5 Å². The molecule has 10 atom stereocenters. The molecule has 4 saturated carbocycles. The minimum atomic E-state index is -0.716. The molecular formula is C23H30O3. The predicted molar refractivity (Wildman–Crippen MR) is 98.0 cm³/mol. The lowest BCUT2D eigenvalue weighted by Gasteiger charge is -2.59. The Bertz CT molecular complexity index is 738. The van der Waals surface area contributed by atoms with Crippen LogP contribution in [0, 0.1) is 46.8 Å². The Hall–Kier alpha value is -0.930. The van der Waals surface area contributed by atoms with Gasteiger partial charge in [0.1, 0.15) is 0 Å². The van der Waals surface area contributed by atoms with Gasteiger partial charge in [-0.25, -0.2) is 0 Å². The summed E-state index contributed by atoms with van der Waals surface area (Å²) in [7, 11) is 0. The molecule has 0 bridgehead atoms. The molecule has 4 fully saturated rings. The van der Waals surface area contributed by atoms with Crippen LogP contribution in [0.1, 0.15) is 52.4 Å². The number of aliphatic hydroxyl groups excluding tert-OH is 1. The van der Waals surface area contributed by atoms with Crippen molar-refractivity contribution in [1.29, 1.82) is 0 Å². The van der Waals surface area contributed by atoms with Crippen molar-refractivity contribution in [3.63, 3.8) is 0 Å². The fourth-order valence-electron chi connectivity index (χ4n) is 8.62. The second-order valence-electron chi connectivity index (χ2n) is 10.4. The molecule has 140 valence electrons. The van der Waals surface area contributed by atoms with Crippen LogP contribution in [-0.4, -0.2) is 22.8 Å². The van der Waals surface area contributed by atoms with E-state index in [1.807, 2.05) is 12.2 Å². The van der Waals surface area contributed by atoms with E-state index >= 15 is 0 Å². The van der Waals surface area contributed by atoms with Gasteiger partial charge < -0.3 is 9.84 Å². The van der Waals surface area contributed by atoms with Gasteiger partial charge in [-0.1, -0.05) is 25.5 Å². The fourth-order valence-corrected chi connectivity index (χ4v) is 8.62. The number of ketones is 1. The molecule has 0 saturated heterocycles. The predicted octanol–water partition coefficient (Wildman–Crippen LogP) is 3.87. The van der Waals surface area contributed by atoms with Gasteiger partial charge in [-0.15, -0.1) is 0 Å². The third-order valence-electron chi connectivity index (χ3n) is 9.47. The molecule has 1 aliphatic heterocycles. The quantitative estimate of drug-likeness (QED) is 0.672. The Morgan fingerprint density at radius 3 is 2.88 bits per heavy atom. The first-order valence-corrected chi connectivity index (χ1v) is 10.7. The van der Waals surface area contributed by atoms with Crippen LogP contribution < -0.4 is 0 Å². The molecule has 5 aliphatic carbocycles. The van der Waals surface area contributed by atoms with Crippen LogP contribution in [0.5, 0.6) is 0 Å². The summed E-state index contributed by atoms with van der Waals surface area (Å²) in [5, 5.41) is 10.1. The number of carbonyl (C=O) groups is 1. The van der Waals surface area contributed by atoms with Crippen molar-refractivity contribution in [1.82, 2.24) is 0 Å². The Labute approximate surface area is 155 Å². The topological polar surface area (TPSA) is 46.5 Å². The molecule has 0 aromatic rings. The number of hydrogen-bond donors (Lipinski definition) is 1. The zero-order chi connectivity index (χ0) is 17.8. The van der Waals surface area contributed by atoms with E-state index in [0.717, 1.165) is 42.9 Å². The van der Waals surface area contributed by atoms with E-state index in [4.69, 9.17) is 4.74 Å². The molecule has 3 heteroatoms. The Morgan fingerprint density at radius 2 is 2.12 bits per heavy atom. The third kappa shape index (κ3) is 1.75. The van der Waals surface area contributed by atoms with Crippen LogP contribution in [0.2, 0.25) is 0 Å². The number of allylic oxidation sites excluding steroid dienone is 1. The molecule has 1 N–H and O–H groups in total. The number of ether oxygens (including phenoxy) is 1. The molecule has 4 unspecified atom stereocenters. The van der Waals surface area contributed by atoms with Crippen molar-refractivity contribution in [2.75, 3.05) is 0 Å². The zero-order valence-corrected chi connectivity index (χ0v) is 15.9. The highest BCUT2D eigenvalue weighted by atomic mass is 16.6. The summed E-state index contributed by atoms with van der Waals surface area (Å²) in [6, 6.07) is 0. The van der Waals surface area contributed by atoms with Crippen LogP contribution in [0.4, 0.5) is 0 Å². The molecule has 0 amide bonds. The lowest BCUT2D eigenvalue weighted by atomic mass is 9.47. The van der Waals surface area contributed by atoms with Gasteiger partial charge in [-0.2, -0.15) is 0 Å². The average molecular weight is 354 g/mol. The van der Waals surface area contributed by atoms with Crippen LogP contribution in [0.25, 0.3) is 0 Å². The van der Waals surface area contributed by atoms with Crippen LogP contribution >= 0.6 is 0 Å². The van der Waals surface area contributed by atoms with E-state index in [9.17, 15) is 9.90 Å². The number of rotatable bonds is 0. The van der Waals surface area contributed by atoms with Crippen LogP contribution in [0.15, 0.2) is 23.8 Å². The molecule has 26 heavy (non-hydrogen) atoms. The average Bonchev–Trinajstić information content (AvgIpc) is 3.24. The summed E-state index contributed by atoms with van der Waals surface area (Å²) < 4.78 is 6.26. The van der Waals surface area contributed by atoms with Gasteiger partial charge in [0.25, 0.3) is 0 Å². The summed E-state index contributed by atoms with van der Waals surface area (Å²) in [6.07, 6.45) is 12.1. The largest absolute Gasteiger partial charge is 0.365 e. The molecular weight excluding hydrogens is 324 g/mol. The minimum Gasteiger partial charge on any atom is -0.365 e. The standard InChI is InChI=1S/C23H30O3/c1-12-9-13-10-14(24)3-4-15(13)16-5-7-22(2)21(20(12)16)17-11-18(17)23(22)8-6-19(25)26-23/h6,8,10,12,15-21,25H,3-5,7,9,11H2,1-2H3/t12-,15+,16?,17-,18+,19?,20?,21?,22+,23+/m1/s1. The molecule has 1 spiro atoms. The van der Waals surface area contributed by atoms with Crippen molar-refractivity contribution in [3.8, 4) is 0 Å². The SMILES string of the molecule is C[C@@H]1CC2=CC(=O)CC[C@@H]2C2CC[C@@]3(C)C(C21)[C@@H]1C[C@@H]1[C@@]31C=CC(O)O1. The minimum absolute atomic E-state index is 0.162. The molecule has 3 nitrogen and oxygen atoms in total. The van der Waals surface area contributed by atoms with E-state index in [1.165, 1.54) is 24.8 Å². The monoisotopic (exact) mass is 354 g/mol. The molecule has 6 rings (SSSR count). The van der Waals surface area contributed by atoms with Gasteiger partial charge in [0.05, 0.1) is 5.60 Å². The van der Waals surface area contributed by atoms with Crippen molar-refractivity contribution in [2.45, 2.75) is 64.3 Å². The van der Waals surface area contributed by atoms with Crippen LogP contribution in [-0.2, 0) is 9.53 Å². The molecule has 1 heterocycles. The lowest BCUT2D eigenvalue weighted by molar-refractivity contribution is -0.197. The maximum Gasteiger partial charge on any atom is 0.175 e.